The average Bonchev–Trinajstić information content (AvgIpc) is 2.66. The molecule has 0 N–H and O–H groups in total. The molecule has 2 nitrogen and oxygen atoms in total. The Balaban J connectivity index is 2.13. The van der Waals surface area contributed by atoms with E-state index in [-0.39, 0.29) is 12.8 Å². The molecule has 0 aromatic carbocycles. The van der Waals surface area contributed by atoms with Gasteiger partial charge < -0.3 is 4.40 Å². The Bertz CT molecular complexity index is 645. The fourth-order valence-corrected chi connectivity index (χ4v) is 3.25. The Morgan fingerprint density at radius 1 is 1.42 bits per heavy atom. The molecule has 3 rings (SSSR count). The molecule has 0 spiro atoms. The third-order valence-corrected chi connectivity index (χ3v) is 4.12. The number of nitrogens with zero attached hydrogens (tertiary/aromatic N) is 2. The van der Waals surface area contributed by atoms with Gasteiger partial charge in [0.05, 0.1) is 11.6 Å². The monoisotopic (exact) mass is 332 g/mol. The maximum atomic E-state index is 12.9. The van der Waals surface area contributed by atoms with Gasteiger partial charge in [-0.15, -0.1) is 0 Å². The van der Waals surface area contributed by atoms with E-state index >= 15 is 0 Å². The highest BCUT2D eigenvalue weighted by atomic mass is 79.9. The summed E-state index contributed by atoms with van der Waals surface area (Å²) in [4.78, 5) is 4.49. The van der Waals surface area contributed by atoms with Crippen molar-refractivity contribution in [3.63, 3.8) is 0 Å². The molecule has 102 valence electrons. The van der Waals surface area contributed by atoms with Crippen LogP contribution in [0.1, 0.15) is 23.4 Å². The van der Waals surface area contributed by atoms with E-state index in [4.69, 9.17) is 0 Å². The van der Waals surface area contributed by atoms with E-state index in [1.165, 1.54) is 0 Å². The van der Waals surface area contributed by atoms with Crippen molar-refractivity contribution in [3.05, 3.63) is 33.7 Å². The molecule has 0 radical (unpaired) electrons. The highest BCUT2D eigenvalue weighted by Crippen LogP contribution is 2.37. The molecule has 2 aromatic heterocycles. The van der Waals surface area contributed by atoms with Gasteiger partial charge in [-0.2, -0.15) is 13.2 Å². The van der Waals surface area contributed by atoms with Gasteiger partial charge >= 0.3 is 6.18 Å². The molecule has 1 unspecified atom stereocenters. The predicted octanol–water partition coefficient (Wildman–Crippen LogP) is 4.07. The molecule has 2 heterocycles. The summed E-state index contributed by atoms with van der Waals surface area (Å²) in [6.07, 6.45) is -1.76. The third-order valence-electron chi connectivity index (χ3n) is 3.68. The maximum Gasteiger partial charge on any atom is 0.392 e. The van der Waals surface area contributed by atoms with E-state index in [9.17, 15) is 13.2 Å². The second-order valence-corrected chi connectivity index (χ2v) is 5.94. The highest BCUT2D eigenvalue weighted by molar-refractivity contribution is 9.10. The normalized spacial score (nSPS) is 19.7. The third kappa shape index (κ3) is 2.16. The molecule has 0 bridgehead atoms. The lowest BCUT2D eigenvalue weighted by molar-refractivity contribution is -0.177. The van der Waals surface area contributed by atoms with Crippen LogP contribution in [0.4, 0.5) is 13.2 Å². The van der Waals surface area contributed by atoms with Gasteiger partial charge in [0, 0.05) is 22.8 Å². The lowest BCUT2D eigenvalue weighted by atomic mass is 9.89. The van der Waals surface area contributed by atoms with Crippen LogP contribution in [0.25, 0.3) is 5.65 Å². The fourth-order valence-electron chi connectivity index (χ4n) is 2.70. The van der Waals surface area contributed by atoms with Crippen LogP contribution in [0.5, 0.6) is 0 Å². The Kier molecular flexibility index (Phi) is 2.89. The van der Waals surface area contributed by atoms with E-state index in [0.29, 0.717) is 12.1 Å². The van der Waals surface area contributed by atoms with E-state index in [1.54, 1.807) is 10.6 Å². The zero-order valence-corrected chi connectivity index (χ0v) is 11.8. The number of halogens is 4. The number of aryl methyl sites for hydroxylation is 2. The van der Waals surface area contributed by atoms with Crippen LogP contribution < -0.4 is 0 Å². The number of hydrogen-bond acceptors (Lipinski definition) is 1. The number of alkyl halides is 3. The van der Waals surface area contributed by atoms with E-state index in [2.05, 4.69) is 20.9 Å². The Morgan fingerprint density at radius 3 is 2.84 bits per heavy atom. The van der Waals surface area contributed by atoms with Gasteiger partial charge in [0.15, 0.2) is 0 Å². The maximum absolute atomic E-state index is 12.9. The predicted molar refractivity (Wildman–Crippen MR) is 69.2 cm³/mol. The van der Waals surface area contributed by atoms with E-state index in [0.717, 1.165) is 21.4 Å². The van der Waals surface area contributed by atoms with E-state index < -0.39 is 12.1 Å². The van der Waals surface area contributed by atoms with E-state index in [1.807, 2.05) is 13.0 Å². The SMILES string of the molecule is Cc1cc(Br)cn2c3c(nc12)CCC(C(F)(F)F)C3. The summed E-state index contributed by atoms with van der Waals surface area (Å²) in [7, 11) is 0. The van der Waals surface area contributed by atoms with Crippen LogP contribution in [0.15, 0.2) is 16.7 Å². The van der Waals surface area contributed by atoms with Gasteiger partial charge in [0.2, 0.25) is 0 Å². The summed E-state index contributed by atoms with van der Waals surface area (Å²) in [5.74, 6) is -1.25. The first-order valence-electron chi connectivity index (χ1n) is 6.09. The van der Waals surface area contributed by atoms with Crippen LogP contribution in [0, 0.1) is 12.8 Å². The van der Waals surface area contributed by atoms with Gasteiger partial charge in [0.1, 0.15) is 5.65 Å². The first kappa shape index (κ1) is 13.0. The van der Waals surface area contributed by atoms with Crippen molar-refractivity contribution >= 4 is 21.6 Å². The summed E-state index contributed by atoms with van der Waals surface area (Å²) in [6, 6.07) is 1.93. The quantitative estimate of drug-likeness (QED) is 0.710. The smallest absolute Gasteiger partial charge is 0.302 e. The van der Waals surface area contributed by atoms with Crippen molar-refractivity contribution in [3.8, 4) is 0 Å². The second kappa shape index (κ2) is 4.23. The molecule has 1 aliphatic carbocycles. The van der Waals surface area contributed by atoms with Crippen molar-refractivity contribution in [1.29, 1.82) is 0 Å². The van der Waals surface area contributed by atoms with Crippen LogP contribution >= 0.6 is 15.9 Å². The summed E-state index contributed by atoms with van der Waals surface area (Å²) in [5, 5.41) is 0. The molecule has 0 saturated heterocycles. The second-order valence-electron chi connectivity index (χ2n) is 5.02. The fraction of sp³-hybridized carbons (Fsp3) is 0.462. The minimum Gasteiger partial charge on any atom is -0.302 e. The Labute approximate surface area is 116 Å². The van der Waals surface area contributed by atoms with Crippen LogP contribution in [0.3, 0.4) is 0 Å². The number of imidazole rings is 1. The van der Waals surface area contributed by atoms with Gasteiger partial charge in [-0.3, -0.25) is 0 Å². The molecule has 1 atom stereocenters. The number of fused-ring (bicyclic) bond motifs is 3. The van der Waals surface area contributed by atoms with Gasteiger partial charge in [-0.05, 0) is 47.3 Å². The molecule has 1 aliphatic rings. The van der Waals surface area contributed by atoms with Crippen molar-refractivity contribution in [1.82, 2.24) is 9.38 Å². The molecular formula is C13H12BrF3N2. The van der Waals surface area contributed by atoms with Crippen molar-refractivity contribution in [2.75, 3.05) is 0 Å². The summed E-state index contributed by atoms with van der Waals surface area (Å²) >= 11 is 3.38. The summed E-state index contributed by atoms with van der Waals surface area (Å²) in [6.45, 7) is 1.92. The van der Waals surface area contributed by atoms with Crippen molar-refractivity contribution < 1.29 is 13.2 Å². The zero-order valence-electron chi connectivity index (χ0n) is 10.3. The van der Waals surface area contributed by atoms with Gasteiger partial charge in [-0.25, -0.2) is 4.98 Å². The molecule has 2 aromatic rings. The van der Waals surface area contributed by atoms with Crippen LogP contribution in [0.2, 0.25) is 0 Å². The standard InChI is InChI=1S/C13H12BrF3N2/c1-7-4-9(14)6-19-11-5-8(13(15,16)17)2-3-10(11)18-12(7)19/h4,6,8H,2-3,5H2,1H3. The Hall–Kier alpha value is -1.04. The van der Waals surface area contributed by atoms with Gasteiger partial charge in [0.25, 0.3) is 0 Å². The van der Waals surface area contributed by atoms with Crippen LogP contribution in [-0.2, 0) is 12.8 Å². The number of aromatic nitrogens is 2. The first-order chi connectivity index (χ1) is 8.86. The average molecular weight is 333 g/mol. The first-order valence-corrected chi connectivity index (χ1v) is 6.88. The number of rotatable bonds is 0. The lowest BCUT2D eigenvalue weighted by Crippen LogP contribution is -2.29. The number of pyridine rings is 1. The Morgan fingerprint density at radius 2 is 2.16 bits per heavy atom. The molecule has 0 fully saturated rings. The van der Waals surface area contributed by atoms with Crippen molar-refractivity contribution in [2.45, 2.75) is 32.4 Å². The zero-order chi connectivity index (χ0) is 13.8. The molecule has 0 aliphatic heterocycles. The molecular weight excluding hydrogens is 321 g/mol. The van der Waals surface area contributed by atoms with Crippen LogP contribution in [-0.4, -0.2) is 15.6 Å². The largest absolute Gasteiger partial charge is 0.392 e. The molecule has 19 heavy (non-hydrogen) atoms. The minimum absolute atomic E-state index is 0.0237. The topological polar surface area (TPSA) is 17.3 Å². The molecule has 6 heteroatoms. The van der Waals surface area contributed by atoms with Crippen molar-refractivity contribution in [2.24, 2.45) is 5.92 Å². The van der Waals surface area contributed by atoms with Gasteiger partial charge in [-0.1, -0.05) is 0 Å². The summed E-state index contributed by atoms with van der Waals surface area (Å²) in [5.41, 5.74) is 3.23. The lowest BCUT2D eigenvalue weighted by Gasteiger charge is -2.24. The summed E-state index contributed by atoms with van der Waals surface area (Å²) < 4.78 is 41.2. The minimum atomic E-state index is -4.12. The number of hydrogen-bond donors (Lipinski definition) is 0. The molecule has 0 amide bonds. The molecule has 0 saturated carbocycles. The highest BCUT2D eigenvalue weighted by Gasteiger charge is 2.42.